The van der Waals surface area contributed by atoms with E-state index >= 15 is 0 Å². The molecule has 1 aliphatic rings. The molecule has 1 amide bonds. The van der Waals surface area contributed by atoms with Crippen molar-refractivity contribution < 1.29 is 19.4 Å². The average molecular weight is 489 g/mol. The fraction of sp³-hybridized carbons (Fsp3) is 0.214. The quantitative estimate of drug-likeness (QED) is 0.385. The molecule has 0 aliphatic carbocycles. The van der Waals surface area contributed by atoms with E-state index in [1.807, 2.05) is 25.1 Å². The lowest BCUT2D eigenvalue weighted by molar-refractivity contribution is 0.0954. The number of benzene rings is 3. The second kappa shape index (κ2) is 10.5. The van der Waals surface area contributed by atoms with Gasteiger partial charge in [-0.3, -0.25) is 4.79 Å². The fourth-order valence-corrected chi connectivity index (χ4v) is 4.32. The molecule has 0 saturated carbocycles. The average Bonchev–Trinajstić information content (AvgIpc) is 2.84. The van der Waals surface area contributed by atoms with Gasteiger partial charge in [0.15, 0.2) is 0 Å². The summed E-state index contributed by atoms with van der Waals surface area (Å²) >= 11 is 6.00. The maximum Gasteiger partial charge on any atom is 0.251 e. The van der Waals surface area contributed by atoms with Crippen LogP contribution in [0.25, 0.3) is 0 Å². The van der Waals surface area contributed by atoms with Crippen molar-refractivity contribution in [2.24, 2.45) is 0 Å². The summed E-state index contributed by atoms with van der Waals surface area (Å²) in [6.45, 7) is 6.57. The van der Waals surface area contributed by atoms with Gasteiger partial charge in [-0.2, -0.15) is 5.26 Å². The summed E-state index contributed by atoms with van der Waals surface area (Å²) in [5.41, 5.74) is 3.77. The Labute approximate surface area is 209 Å². The lowest BCUT2D eigenvalue weighted by Crippen LogP contribution is -2.25. The summed E-state index contributed by atoms with van der Waals surface area (Å²) < 4.78 is 11.6. The van der Waals surface area contributed by atoms with Crippen LogP contribution in [0.15, 0.2) is 66.9 Å². The highest BCUT2D eigenvalue weighted by Crippen LogP contribution is 2.41. The van der Waals surface area contributed by atoms with Crippen LogP contribution in [0.4, 0.5) is 0 Å². The minimum absolute atomic E-state index is 0.0456. The summed E-state index contributed by atoms with van der Waals surface area (Å²) in [5, 5.41) is 23.1. The van der Waals surface area contributed by atoms with Gasteiger partial charge in [0.2, 0.25) is 0 Å². The number of carbonyl (C=O) groups is 1. The Hall–Kier alpha value is -3.95. The van der Waals surface area contributed by atoms with Crippen LogP contribution in [0.5, 0.6) is 17.2 Å². The molecule has 178 valence electrons. The van der Waals surface area contributed by atoms with Crippen LogP contribution in [0.2, 0.25) is 5.02 Å². The first kappa shape index (κ1) is 24.2. The number of hydrogen-bond donors (Lipinski definition) is 2. The number of nitrogens with one attached hydrogen (secondary N) is 1. The maximum atomic E-state index is 12.5. The standard InChI is InChI=1S/C28H25ClN2O4/c1-17-13-22(29)6-3-19(17)9-11-31-28(33)20-4-7-23(8-5-20)35-26-15-27-25(14-21(26)16-30)24(18(2)32)10-12-34-27/h3-8,13-15,24,32H,2,9-12H2,1H3,(H,31,33). The van der Waals surface area contributed by atoms with Crippen molar-refractivity contribution in [1.82, 2.24) is 5.32 Å². The van der Waals surface area contributed by atoms with Crippen LogP contribution in [0, 0.1) is 18.3 Å². The number of hydrogen-bond acceptors (Lipinski definition) is 5. The molecule has 0 spiro atoms. The molecule has 3 aromatic rings. The molecule has 4 rings (SSSR count). The molecule has 0 saturated heterocycles. The molecule has 0 fully saturated rings. The molecule has 2 N–H and O–H groups in total. The van der Waals surface area contributed by atoms with Gasteiger partial charge in [0.25, 0.3) is 5.91 Å². The van der Waals surface area contributed by atoms with E-state index in [9.17, 15) is 15.2 Å². The SMILES string of the molecule is C=C(O)C1CCOc2cc(Oc3ccc(C(=O)NCCc4ccc(Cl)cc4C)cc3)c(C#N)cc21. The topological polar surface area (TPSA) is 91.6 Å². The number of fused-ring (bicyclic) bond motifs is 1. The zero-order chi connectivity index (χ0) is 24.9. The predicted molar refractivity (Wildman–Crippen MR) is 135 cm³/mol. The van der Waals surface area contributed by atoms with Crippen molar-refractivity contribution in [3.63, 3.8) is 0 Å². The molecular formula is C28H25ClN2O4. The van der Waals surface area contributed by atoms with Gasteiger partial charge in [-0.1, -0.05) is 24.2 Å². The molecular weight excluding hydrogens is 464 g/mol. The van der Waals surface area contributed by atoms with Crippen LogP contribution < -0.4 is 14.8 Å². The largest absolute Gasteiger partial charge is 0.512 e. The highest BCUT2D eigenvalue weighted by Gasteiger charge is 2.26. The number of halogens is 1. The highest BCUT2D eigenvalue weighted by atomic mass is 35.5. The van der Waals surface area contributed by atoms with E-state index in [1.54, 1.807) is 36.4 Å². The number of aliphatic hydroxyl groups is 1. The van der Waals surface area contributed by atoms with E-state index in [0.29, 0.717) is 65.0 Å². The van der Waals surface area contributed by atoms with Crippen molar-refractivity contribution in [2.45, 2.75) is 25.7 Å². The van der Waals surface area contributed by atoms with Gasteiger partial charge in [-0.05, 0) is 73.4 Å². The van der Waals surface area contributed by atoms with Crippen molar-refractivity contribution >= 4 is 17.5 Å². The number of carbonyl (C=O) groups excluding carboxylic acids is 1. The van der Waals surface area contributed by atoms with Crippen molar-refractivity contribution in [3.8, 4) is 23.3 Å². The number of ether oxygens (including phenoxy) is 2. The molecule has 7 heteroatoms. The Balaban J connectivity index is 1.41. The number of amides is 1. The van der Waals surface area contributed by atoms with Crippen molar-refractivity contribution in [2.75, 3.05) is 13.2 Å². The molecule has 0 bridgehead atoms. The van der Waals surface area contributed by atoms with Gasteiger partial charge in [-0.25, -0.2) is 0 Å². The number of nitriles is 1. The van der Waals surface area contributed by atoms with Gasteiger partial charge < -0.3 is 19.9 Å². The van der Waals surface area contributed by atoms with Gasteiger partial charge in [0.1, 0.15) is 23.3 Å². The third-order valence-corrected chi connectivity index (χ3v) is 6.24. The van der Waals surface area contributed by atoms with Gasteiger partial charge >= 0.3 is 0 Å². The number of allylic oxidation sites excluding steroid dienone is 1. The maximum absolute atomic E-state index is 12.5. The first-order valence-corrected chi connectivity index (χ1v) is 11.6. The Bertz CT molecular complexity index is 1310. The Morgan fingerprint density at radius 1 is 1.26 bits per heavy atom. The predicted octanol–water partition coefficient (Wildman–Crippen LogP) is 6.22. The summed E-state index contributed by atoms with van der Waals surface area (Å²) in [7, 11) is 0. The number of aryl methyl sites for hydroxylation is 1. The minimum Gasteiger partial charge on any atom is -0.512 e. The zero-order valence-electron chi connectivity index (χ0n) is 19.3. The molecule has 35 heavy (non-hydrogen) atoms. The van der Waals surface area contributed by atoms with Gasteiger partial charge in [-0.15, -0.1) is 0 Å². The number of rotatable bonds is 7. The monoisotopic (exact) mass is 488 g/mol. The molecule has 3 aromatic carbocycles. The normalized spacial score (nSPS) is 14.3. The van der Waals surface area contributed by atoms with Crippen LogP contribution in [0.3, 0.4) is 0 Å². The first-order valence-electron chi connectivity index (χ1n) is 11.3. The second-order valence-corrected chi connectivity index (χ2v) is 8.82. The number of nitrogens with zero attached hydrogens (tertiary/aromatic N) is 1. The second-order valence-electron chi connectivity index (χ2n) is 8.38. The third kappa shape index (κ3) is 5.59. The van der Waals surface area contributed by atoms with E-state index < -0.39 is 0 Å². The Morgan fingerprint density at radius 3 is 2.71 bits per heavy atom. The first-order chi connectivity index (χ1) is 16.9. The zero-order valence-corrected chi connectivity index (χ0v) is 20.1. The molecule has 1 heterocycles. The minimum atomic E-state index is -0.277. The van der Waals surface area contributed by atoms with E-state index in [2.05, 4.69) is 18.0 Å². The highest BCUT2D eigenvalue weighted by molar-refractivity contribution is 6.30. The fourth-order valence-electron chi connectivity index (χ4n) is 4.09. The van der Waals surface area contributed by atoms with E-state index in [4.69, 9.17) is 21.1 Å². The molecule has 1 atom stereocenters. The molecule has 1 unspecified atom stereocenters. The molecule has 1 aliphatic heterocycles. The molecule has 6 nitrogen and oxygen atoms in total. The van der Waals surface area contributed by atoms with E-state index in [1.165, 1.54) is 0 Å². The molecule has 0 radical (unpaired) electrons. The van der Waals surface area contributed by atoms with E-state index in [-0.39, 0.29) is 17.6 Å². The third-order valence-electron chi connectivity index (χ3n) is 6.00. The van der Waals surface area contributed by atoms with Crippen LogP contribution in [-0.2, 0) is 6.42 Å². The number of aliphatic hydroxyl groups excluding tert-OH is 1. The van der Waals surface area contributed by atoms with Crippen LogP contribution >= 0.6 is 11.6 Å². The Kier molecular flexibility index (Phi) is 7.28. The lowest BCUT2D eigenvalue weighted by atomic mass is 9.90. The molecule has 0 aromatic heterocycles. The van der Waals surface area contributed by atoms with Gasteiger partial charge in [0, 0.05) is 34.7 Å². The summed E-state index contributed by atoms with van der Waals surface area (Å²) in [6, 6.07) is 17.9. The Morgan fingerprint density at radius 2 is 2.03 bits per heavy atom. The van der Waals surface area contributed by atoms with Crippen molar-refractivity contribution in [1.29, 1.82) is 5.26 Å². The van der Waals surface area contributed by atoms with Gasteiger partial charge in [0.05, 0.1) is 17.9 Å². The summed E-state index contributed by atoms with van der Waals surface area (Å²) in [6.07, 6.45) is 1.30. The van der Waals surface area contributed by atoms with E-state index in [0.717, 1.165) is 11.1 Å². The van der Waals surface area contributed by atoms with Crippen LogP contribution in [0.1, 0.15) is 45.0 Å². The summed E-state index contributed by atoms with van der Waals surface area (Å²) in [5.74, 6) is 0.959. The van der Waals surface area contributed by atoms with Crippen LogP contribution in [-0.4, -0.2) is 24.2 Å². The summed E-state index contributed by atoms with van der Waals surface area (Å²) in [4.78, 5) is 12.5. The lowest BCUT2D eigenvalue weighted by Gasteiger charge is -2.26. The smallest absolute Gasteiger partial charge is 0.251 e. The van der Waals surface area contributed by atoms with Crippen molar-refractivity contribution in [3.05, 3.63) is 99.8 Å².